The van der Waals surface area contributed by atoms with Crippen molar-refractivity contribution >= 4 is 17.3 Å². The molecule has 0 radical (unpaired) electrons. The van der Waals surface area contributed by atoms with E-state index in [1.54, 1.807) is 11.0 Å². The van der Waals surface area contributed by atoms with Gasteiger partial charge in [-0.3, -0.25) is 9.89 Å². The summed E-state index contributed by atoms with van der Waals surface area (Å²) in [5.74, 6) is -0.204. The number of carbonyl (C=O) groups excluding carboxylic acids is 1. The minimum absolute atomic E-state index is 0.244. The predicted octanol–water partition coefficient (Wildman–Crippen LogP) is 2.21. The topological polar surface area (TPSA) is 75.0 Å². The second kappa shape index (κ2) is 4.31. The number of rotatable bonds is 2. The van der Waals surface area contributed by atoms with Gasteiger partial charge >= 0.3 is 0 Å². The van der Waals surface area contributed by atoms with Crippen LogP contribution in [-0.4, -0.2) is 22.6 Å². The molecule has 1 saturated carbocycles. The molecule has 0 bridgehead atoms. The van der Waals surface area contributed by atoms with Gasteiger partial charge in [-0.25, -0.2) is 4.39 Å². The van der Waals surface area contributed by atoms with Gasteiger partial charge in [-0.05, 0) is 37.0 Å². The number of amides is 1. The van der Waals surface area contributed by atoms with Gasteiger partial charge < -0.3 is 10.6 Å². The first-order valence-corrected chi connectivity index (χ1v) is 7.09. The number of aromatic nitrogens is 2. The van der Waals surface area contributed by atoms with Gasteiger partial charge in [0.2, 0.25) is 0 Å². The molecule has 108 valence electrons. The highest BCUT2D eigenvalue weighted by Crippen LogP contribution is 2.42. The molecule has 2 aromatic rings. The van der Waals surface area contributed by atoms with E-state index in [1.807, 2.05) is 0 Å². The first kappa shape index (κ1) is 12.4. The van der Waals surface area contributed by atoms with Crippen LogP contribution in [0.1, 0.15) is 40.5 Å². The quantitative estimate of drug-likeness (QED) is 0.888. The molecule has 6 heteroatoms. The van der Waals surface area contributed by atoms with Crippen molar-refractivity contribution in [3.63, 3.8) is 0 Å². The summed E-state index contributed by atoms with van der Waals surface area (Å²) < 4.78 is 13.4. The van der Waals surface area contributed by atoms with Crippen LogP contribution in [0.2, 0.25) is 0 Å². The lowest BCUT2D eigenvalue weighted by molar-refractivity contribution is 0.0985. The number of hydrogen-bond acceptors (Lipinski definition) is 3. The molecule has 1 fully saturated rings. The van der Waals surface area contributed by atoms with Crippen LogP contribution in [0, 0.1) is 5.82 Å². The van der Waals surface area contributed by atoms with E-state index >= 15 is 0 Å². The van der Waals surface area contributed by atoms with Crippen LogP contribution in [0.5, 0.6) is 0 Å². The van der Waals surface area contributed by atoms with Crippen molar-refractivity contribution in [2.24, 2.45) is 0 Å². The molecule has 4 rings (SSSR count). The number of carbonyl (C=O) groups is 1. The van der Waals surface area contributed by atoms with E-state index in [9.17, 15) is 9.18 Å². The third kappa shape index (κ3) is 1.90. The first-order valence-electron chi connectivity index (χ1n) is 7.09. The maximum absolute atomic E-state index is 13.4. The number of anilines is 2. The van der Waals surface area contributed by atoms with E-state index in [2.05, 4.69) is 10.2 Å². The van der Waals surface area contributed by atoms with Gasteiger partial charge in [-0.15, -0.1) is 0 Å². The van der Waals surface area contributed by atoms with Gasteiger partial charge in [0.05, 0.1) is 17.1 Å². The van der Waals surface area contributed by atoms with E-state index in [4.69, 9.17) is 5.73 Å². The maximum atomic E-state index is 13.4. The second-order valence-corrected chi connectivity index (χ2v) is 5.65. The van der Waals surface area contributed by atoms with E-state index in [0.29, 0.717) is 23.8 Å². The fourth-order valence-electron chi connectivity index (χ4n) is 2.90. The summed E-state index contributed by atoms with van der Waals surface area (Å²) in [6.45, 7) is 0.530. The lowest BCUT2D eigenvalue weighted by Gasteiger charge is -2.16. The monoisotopic (exact) mass is 286 g/mol. The highest BCUT2D eigenvalue weighted by atomic mass is 19.1. The number of benzene rings is 1. The van der Waals surface area contributed by atoms with Gasteiger partial charge in [-0.1, -0.05) is 6.07 Å². The molecule has 2 heterocycles. The second-order valence-electron chi connectivity index (χ2n) is 5.65. The fourth-order valence-corrected chi connectivity index (χ4v) is 2.90. The molecule has 0 saturated heterocycles. The number of nitrogens with zero attached hydrogens (tertiary/aromatic N) is 2. The molecule has 2 aliphatic rings. The van der Waals surface area contributed by atoms with Crippen molar-refractivity contribution in [1.82, 2.24) is 10.2 Å². The number of aromatic amines is 1. The van der Waals surface area contributed by atoms with Crippen LogP contribution in [0.25, 0.3) is 0 Å². The SMILES string of the molecule is Nc1c(C(=O)N2CCc3ccc(F)cc32)n[nH]c1C1CC1. The molecule has 0 unspecified atom stereocenters. The summed E-state index contributed by atoms with van der Waals surface area (Å²) in [5.41, 5.74) is 9.18. The minimum Gasteiger partial charge on any atom is -0.395 e. The van der Waals surface area contributed by atoms with Gasteiger partial charge in [0.15, 0.2) is 5.69 Å². The Kier molecular flexibility index (Phi) is 2.54. The zero-order valence-corrected chi connectivity index (χ0v) is 11.4. The summed E-state index contributed by atoms with van der Waals surface area (Å²) in [4.78, 5) is 14.2. The number of halogens is 1. The van der Waals surface area contributed by atoms with E-state index in [-0.39, 0.29) is 17.4 Å². The summed E-state index contributed by atoms with van der Waals surface area (Å²) in [5, 5.41) is 6.96. The summed E-state index contributed by atoms with van der Waals surface area (Å²) in [6.07, 6.45) is 2.89. The third-order valence-electron chi connectivity index (χ3n) is 4.21. The fraction of sp³-hybridized carbons (Fsp3) is 0.333. The Bertz CT molecular complexity index is 735. The van der Waals surface area contributed by atoms with Gasteiger partial charge in [-0.2, -0.15) is 5.10 Å². The Balaban J connectivity index is 1.69. The van der Waals surface area contributed by atoms with Crippen LogP contribution in [0.4, 0.5) is 15.8 Å². The third-order valence-corrected chi connectivity index (χ3v) is 4.21. The molecule has 5 nitrogen and oxygen atoms in total. The number of hydrogen-bond donors (Lipinski definition) is 2. The molecule has 1 aliphatic carbocycles. The molecule has 0 atom stereocenters. The van der Waals surface area contributed by atoms with Crippen molar-refractivity contribution in [1.29, 1.82) is 0 Å². The Labute approximate surface area is 120 Å². The largest absolute Gasteiger partial charge is 0.395 e. The molecule has 0 spiro atoms. The van der Waals surface area contributed by atoms with E-state index in [0.717, 1.165) is 30.5 Å². The zero-order chi connectivity index (χ0) is 14.6. The minimum atomic E-state index is -0.345. The van der Waals surface area contributed by atoms with E-state index in [1.165, 1.54) is 12.1 Å². The molecular formula is C15H15FN4O. The van der Waals surface area contributed by atoms with Crippen molar-refractivity contribution in [3.8, 4) is 0 Å². The van der Waals surface area contributed by atoms with E-state index < -0.39 is 0 Å². The van der Waals surface area contributed by atoms with Crippen LogP contribution in [-0.2, 0) is 6.42 Å². The lowest BCUT2D eigenvalue weighted by Crippen LogP contribution is -2.29. The lowest BCUT2D eigenvalue weighted by atomic mass is 10.1. The van der Waals surface area contributed by atoms with Crippen LogP contribution in [0.3, 0.4) is 0 Å². The standard InChI is InChI=1S/C15H15FN4O/c16-10-4-3-8-5-6-20(11(8)7-10)15(21)14-12(17)13(18-19-14)9-1-2-9/h3-4,7,9H,1-2,5-6,17H2,(H,18,19). The molecule has 3 N–H and O–H groups in total. The van der Waals surface area contributed by atoms with Crippen LogP contribution >= 0.6 is 0 Å². The normalized spacial score (nSPS) is 17.1. The molecule has 1 aromatic heterocycles. The molecule has 1 aliphatic heterocycles. The van der Waals surface area contributed by atoms with Gasteiger partial charge in [0, 0.05) is 12.5 Å². The first-order chi connectivity index (χ1) is 10.1. The van der Waals surface area contributed by atoms with Crippen molar-refractivity contribution < 1.29 is 9.18 Å². The number of nitrogen functional groups attached to an aromatic ring is 1. The molecule has 1 amide bonds. The number of H-pyrrole nitrogens is 1. The summed E-state index contributed by atoms with van der Waals surface area (Å²) in [7, 11) is 0. The Hall–Kier alpha value is -2.37. The highest BCUT2D eigenvalue weighted by Gasteiger charge is 2.33. The number of nitrogens with two attached hydrogens (primary N) is 1. The van der Waals surface area contributed by atoms with Crippen molar-refractivity contribution in [2.75, 3.05) is 17.2 Å². The molecule has 1 aromatic carbocycles. The summed E-state index contributed by atoms with van der Waals surface area (Å²) >= 11 is 0. The Morgan fingerprint density at radius 2 is 2.24 bits per heavy atom. The van der Waals surface area contributed by atoms with Gasteiger partial charge in [0.1, 0.15) is 5.82 Å². The Morgan fingerprint density at radius 3 is 3.00 bits per heavy atom. The molecule has 21 heavy (non-hydrogen) atoms. The van der Waals surface area contributed by atoms with Crippen LogP contribution < -0.4 is 10.6 Å². The smallest absolute Gasteiger partial charge is 0.280 e. The van der Waals surface area contributed by atoms with Gasteiger partial charge in [0.25, 0.3) is 5.91 Å². The average molecular weight is 286 g/mol. The summed E-state index contributed by atoms with van der Waals surface area (Å²) in [6, 6.07) is 4.53. The number of fused-ring (bicyclic) bond motifs is 1. The highest BCUT2D eigenvalue weighted by molar-refractivity contribution is 6.09. The van der Waals surface area contributed by atoms with Crippen molar-refractivity contribution in [3.05, 3.63) is 41.0 Å². The zero-order valence-electron chi connectivity index (χ0n) is 11.4. The number of nitrogens with one attached hydrogen (secondary N) is 1. The maximum Gasteiger partial charge on any atom is 0.280 e. The predicted molar refractivity (Wildman–Crippen MR) is 76.8 cm³/mol. The van der Waals surface area contributed by atoms with Crippen LogP contribution in [0.15, 0.2) is 18.2 Å². The average Bonchev–Trinajstić information content (AvgIpc) is 3.11. The Morgan fingerprint density at radius 1 is 1.43 bits per heavy atom. The van der Waals surface area contributed by atoms with Crippen molar-refractivity contribution in [2.45, 2.75) is 25.2 Å². The molecular weight excluding hydrogens is 271 g/mol.